The Morgan fingerprint density at radius 1 is 1.14 bits per heavy atom. The summed E-state index contributed by atoms with van der Waals surface area (Å²) in [4.78, 5) is 0. The zero-order chi connectivity index (χ0) is 16.1. The smallest absolute Gasteiger partial charge is 0.313 e. The summed E-state index contributed by atoms with van der Waals surface area (Å²) in [6, 6.07) is 5.95. The third-order valence-corrected chi connectivity index (χ3v) is 3.66. The van der Waals surface area contributed by atoms with Gasteiger partial charge in [-0.1, -0.05) is 45.9 Å². The molecule has 0 saturated carbocycles. The average Bonchev–Trinajstić information content (AvgIpc) is 2.36. The largest absolute Gasteiger partial charge is 0.416 e. The summed E-state index contributed by atoms with van der Waals surface area (Å²) in [6.45, 7) is 9.52. The maximum atomic E-state index is 12.7. The molecule has 0 aliphatic heterocycles. The molecule has 21 heavy (non-hydrogen) atoms. The van der Waals surface area contributed by atoms with Crippen LogP contribution in [0.3, 0.4) is 0 Å². The number of alkyl halides is 3. The topological polar surface area (TPSA) is 12.0 Å². The maximum Gasteiger partial charge on any atom is 0.416 e. The fourth-order valence-electron chi connectivity index (χ4n) is 2.37. The molecule has 1 aromatic carbocycles. The molecule has 0 aliphatic carbocycles. The fourth-order valence-corrected chi connectivity index (χ4v) is 2.37. The van der Waals surface area contributed by atoms with Crippen molar-refractivity contribution in [2.45, 2.75) is 59.2 Å². The third-order valence-electron chi connectivity index (χ3n) is 3.66. The van der Waals surface area contributed by atoms with E-state index in [1.54, 1.807) is 6.07 Å². The van der Waals surface area contributed by atoms with Crippen LogP contribution >= 0.6 is 0 Å². The summed E-state index contributed by atoms with van der Waals surface area (Å²) in [5, 5.41) is 3.50. The van der Waals surface area contributed by atoms with Gasteiger partial charge < -0.3 is 5.32 Å². The summed E-state index contributed by atoms with van der Waals surface area (Å²) < 4.78 is 38.1. The van der Waals surface area contributed by atoms with Crippen molar-refractivity contribution in [3.05, 3.63) is 35.4 Å². The number of hydrogen-bond acceptors (Lipinski definition) is 1. The van der Waals surface area contributed by atoms with Crippen LogP contribution in [0.1, 0.15) is 51.7 Å². The lowest BCUT2D eigenvalue weighted by molar-refractivity contribution is -0.137. The van der Waals surface area contributed by atoms with Gasteiger partial charge in [-0.3, -0.25) is 0 Å². The van der Waals surface area contributed by atoms with Crippen LogP contribution < -0.4 is 5.32 Å². The van der Waals surface area contributed by atoms with Crippen LogP contribution in [-0.4, -0.2) is 12.6 Å². The lowest BCUT2D eigenvalue weighted by Crippen LogP contribution is -2.41. The zero-order valence-electron chi connectivity index (χ0n) is 13.3. The number of benzene rings is 1. The molecule has 120 valence electrons. The van der Waals surface area contributed by atoms with E-state index in [1.807, 2.05) is 0 Å². The van der Waals surface area contributed by atoms with Crippen LogP contribution in [0, 0.1) is 5.41 Å². The van der Waals surface area contributed by atoms with Crippen LogP contribution in [0.2, 0.25) is 0 Å². The van der Waals surface area contributed by atoms with Crippen molar-refractivity contribution in [2.75, 3.05) is 6.54 Å². The molecule has 0 saturated heterocycles. The van der Waals surface area contributed by atoms with Gasteiger partial charge in [-0.05, 0) is 42.9 Å². The first-order valence-electron chi connectivity index (χ1n) is 7.54. The Hall–Kier alpha value is -1.03. The minimum absolute atomic E-state index is 0.0941. The quantitative estimate of drug-likeness (QED) is 0.775. The number of aryl methyl sites for hydroxylation is 1. The summed E-state index contributed by atoms with van der Waals surface area (Å²) in [5.41, 5.74) is 0.280. The molecule has 0 fully saturated rings. The van der Waals surface area contributed by atoms with E-state index in [0.717, 1.165) is 31.0 Å². The maximum absolute atomic E-state index is 12.7. The van der Waals surface area contributed by atoms with E-state index in [-0.39, 0.29) is 5.41 Å². The lowest BCUT2D eigenvalue weighted by atomic mass is 9.83. The first kappa shape index (κ1) is 18.0. The van der Waals surface area contributed by atoms with Gasteiger partial charge in [-0.2, -0.15) is 13.2 Å². The molecule has 1 nitrogen and oxygen atoms in total. The highest BCUT2D eigenvalue weighted by atomic mass is 19.4. The molecule has 1 N–H and O–H groups in total. The van der Waals surface area contributed by atoms with E-state index >= 15 is 0 Å². The Balaban J connectivity index is 2.72. The zero-order valence-corrected chi connectivity index (χ0v) is 13.3. The molecule has 1 aromatic rings. The molecule has 4 heteroatoms. The summed E-state index contributed by atoms with van der Waals surface area (Å²) in [7, 11) is 0. The number of rotatable bonds is 6. The molecular weight excluding hydrogens is 275 g/mol. The van der Waals surface area contributed by atoms with Crippen molar-refractivity contribution in [2.24, 2.45) is 5.41 Å². The van der Waals surface area contributed by atoms with Gasteiger partial charge in [-0.15, -0.1) is 0 Å². The molecule has 1 unspecified atom stereocenters. The first-order valence-corrected chi connectivity index (χ1v) is 7.54. The Labute approximate surface area is 125 Å². The van der Waals surface area contributed by atoms with Crippen molar-refractivity contribution in [3.8, 4) is 0 Å². The van der Waals surface area contributed by atoms with Crippen molar-refractivity contribution < 1.29 is 13.2 Å². The predicted molar refractivity (Wildman–Crippen MR) is 81.3 cm³/mol. The van der Waals surface area contributed by atoms with Crippen LogP contribution in [-0.2, 0) is 12.6 Å². The molecule has 0 bridgehead atoms. The van der Waals surface area contributed by atoms with Gasteiger partial charge in [0.1, 0.15) is 0 Å². The van der Waals surface area contributed by atoms with Crippen LogP contribution in [0.25, 0.3) is 0 Å². The van der Waals surface area contributed by atoms with Crippen LogP contribution in [0.15, 0.2) is 24.3 Å². The molecule has 0 heterocycles. The average molecular weight is 301 g/mol. The highest BCUT2D eigenvalue weighted by molar-refractivity contribution is 5.25. The van der Waals surface area contributed by atoms with Gasteiger partial charge in [0.25, 0.3) is 0 Å². The Morgan fingerprint density at radius 3 is 2.33 bits per heavy atom. The van der Waals surface area contributed by atoms with Crippen molar-refractivity contribution >= 4 is 0 Å². The van der Waals surface area contributed by atoms with Gasteiger partial charge >= 0.3 is 6.18 Å². The second kappa shape index (κ2) is 7.30. The molecule has 1 atom stereocenters. The molecule has 0 radical (unpaired) electrons. The summed E-state index contributed by atoms with van der Waals surface area (Å²) in [5.74, 6) is 0. The second-order valence-corrected chi connectivity index (χ2v) is 6.61. The monoisotopic (exact) mass is 301 g/mol. The van der Waals surface area contributed by atoms with Crippen molar-refractivity contribution in [1.29, 1.82) is 0 Å². The van der Waals surface area contributed by atoms with E-state index in [1.165, 1.54) is 12.1 Å². The highest BCUT2D eigenvalue weighted by Gasteiger charge is 2.30. The van der Waals surface area contributed by atoms with Crippen molar-refractivity contribution in [3.63, 3.8) is 0 Å². The molecule has 0 amide bonds. The van der Waals surface area contributed by atoms with Gasteiger partial charge in [0, 0.05) is 6.04 Å². The number of hydrogen-bond donors (Lipinski definition) is 1. The van der Waals surface area contributed by atoms with Crippen molar-refractivity contribution in [1.82, 2.24) is 5.32 Å². The molecule has 0 spiro atoms. The van der Waals surface area contributed by atoms with E-state index in [9.17, 15) is 13.2 Å². The van der Waals surface area contributed by atoms with Crippen LogP contribution in [0.4, 0.5) is 13.2 Å². The SMILES string of the molecule is CCCNC(CCc1cccc(C(F)(F)F)c1)C(C)(C)C. The molecule has 0 aromatic heterocycles. The van der Waals surface area contributed by atoms with E-state index < -0.39 is 11.7 Å². The standard InChI is InChI=1S/C17H26F3N/c1-5-11-21-15(16(2,3)4)10-9-13-7-6-8-14(12-13)17(18,19)20/h6-8,12,15,21H,5,9-11H2,1-4H3. The van der Waals surface area contributed by atoms with E-state index in [2.05, 4.69) is 33.0 Å². The van der Waals surface area contributed by atoms with Gasteiger partial charge in [0.15, 0.2) is 0 Å². The van der Waals surface area contributed by atoms with Crippen LogP contribution in [0.5, 0.6) is 0 Å². The minimum atomic E-state index is -4.26. The molecular formula is C17H26F3N. The highest BCUT2D eigenvalue weighted by Crippen LogP contribution is 2.30. The Bertz CT molecular complexity index is 432. The van der Waals surface area contributed by atoms with Gasteiger partial charge in [0.05, 0.1) is 5.56 Å². The third kappa shape index (κ3) is 6.08. The summed E-state index contributed by atoms with van der Waals surface area (Å²) >= 11 is 0. The number of halogens is 3. The van der Waals surface area contributed by atoms with E-state index in [0.29, 0.717) is 12.5 Å². The molecule has 1 rings (SSSR count). The fraction of sp³-hybridized carbons (Fsp3) is 0.647. The predicted octanol–water partition coefficient (Wildman–Crippen LogP) is 5.05. The Morgan fingerprint density at radius 2 is 1.81 bits per heavy atom. The normalized spacial score (nSPS) is 14.2. The van der Waals surface area contributed by atoms with Gasteiger partial charge in [0.2, 0.25) is 0 Å². The van der Waals surface area contributed by atoms with Gasteiger partial charge in [-0.25, -0.2) is 0 Å². The van der Waals surface area contributed by atoms with E-state index in [4.69, 9.17) is 0 Å². The summed E-state index contributed by atoms with van der Waals surface area (Å²) in [6.07, 6.45) is -1.72. The molecule has 0 aliphatic rings. The first-order chi connectivity index (χ1) is 9.64. The number of nitrogens with one attached hydrogen (secondary N) is 1. The lowest BCUT2D eigenvalue weighted by Gasteiger charge is -2.32. The minimum Gasteiger partial charge on any atom is -0.313 e. The Kier molecular flexibility index (Phi) is 6.26. The second-order valence-electron chi connectivity index (χ2n) is 6.61.